The number of nitrogens with zero attached hydrogens (tertiary/aromatic N) is 3. The minimum absolute atomic E-state index is 0.139. The molecule has 0 unspecified atom stereocenters. The normalized spacial score (nSPS) is 11.3. The molecule has 15 heavy (non-hydrogen) atoms. The second-order valence-electron chi connectivity index (χ2n) is 3.25. The van der Waals surface area contributed by atoms with Crippen LogP contribution in [0.4, 0.5) is 0 Å². The molecule has 0 atom stereocenters. The van der Waals surface area contributed by atoms with Crippen LogP contribution < -0.4 is 0 Å². The lowest BCUT2D eigenvalue weighted by Gasteiger charge is -2.25. The third-order valence-electron chi connectivity index (χ3n) is 2.64. The van der Waals surface area contributed by atoms with Gasteiger partial charge in [0, 0.05) is 7.11 Å². The van der Waals surface area contributed by atoms with Crippen molar-refractivity contribution < 1.29 is 9.26 Å². The molecular formula is C10H15N3O2. The van der Waals surface area contributed by atoms with Gasteiger partial charge >= 0.3 is 0 Å². The van der Waals surface area contributed by atoms with Crippen molar-refractivity contribution in [1.82, 2.24) is 10.1 Å². The van der Waals surface area contributed by atoms with Crippen LogP contribution in [0.15, 0.2) is 4.52 Å². The minimum Gasteiger partial charge on any atom is -0.370 e. The van der Waals surface area contributed by atoms with E-state index in [1.807, 2.05) is 19.9 Å². The van der Waals surface area contributed by atoms with E-state index in [9.17, 15) is 0 Å². The van der Waals surface area contributed by atoms with Crippen LogP contribution in [-0.4, -0.2) is 17.3 Å². The Balaban J connectivity index is 2.97. The van der Waals surface area contributed by atoms with Gasteiger partial charge in [0.2, 0.25) is 11.7 Å². The van der Waals surface area contributed by atoms with Gasteiger partial charge in [-0.3, -0.25) is 0 Å². The Morgan fingerprint density at radius 1 is 1.47 bits per heavy atom. The molecule has 1 aromatic heterocycles. The molecular weight excluding hydrogens is 194 g/mol. The summed E-state index contributed by atoms with van der Waals surface area (Å²) in [4.78, 5) is 4.16. The number of hydrogen-bond acceptors (Lipinski definition) is 5. The highest BCUT2D eigenvalue weighted by atomic mass is 16.5. The molecule has 1 heterocycles. The summed E-state index contributed by atoms with van der Waals surface area (Å²) >= 11 is 0. The van der Waals surface area contributed by atoms with Crippen LogP contribution in [0.1, 0.15) is 38.4 Å². The van der Waals surface area contributed by atoms with Gasteiger partial charge in [0.05, 0.1) is 6.07 Å². The van der Waals surface area contributed by atoms with E-state index in [1.54, 1.807) is 7.11 Å². The monoisotopic (exact) mass is 209 g/mol. The van der Waals surface area contributed by atoms with E-state index in [0.717, 1.165) is 12.8 Å². The first-order valence-electron chi connectivity index (χ1n) is 4.97. The largest absolute Gasteiger partial charge is 0.370 e. The summed E-state index contributed by atoms with van der Waals surface area (Å²) in [6.45, 7) is 4.01. The van der Waals surface area contributed by atoms with E-state index in [0.29, 0.717) is 11.7 Å². The number of hydrogen-bond donors (Lipinski definition) is 0. The zero-order chi connectivity index (χ0) is 11.3. The lowest BCUT2D eigenvalue weighted by molar-refractivity contribution is -0.0306. The number of methoxy groups -OCH3 is 1. The van der Waals surface area contributed by atoms with Crippen molar-refractivity contribution in [2.24, 2.45) is 0 Å². The molecule has 0 radical (unpaired) electrons. The molecule has 0 aliphatic carbocycles. The topological polar surface area (TPSA) is 71.9 Å². The SMILES string of the molecule is CCC(CC)(OC)c1noc(CC#N)n1. The Labute approximate surface area is 89.0 Å². The van der Waals surface area contributed by atoms with Crippen LogP contribution in [0.25, 0.3) is 0 Å². The second kappa shape index (κ2) is 4.89. The van der Waals surface area contributed by atoms with E-state index >= 15 is 0 Å². The molecule has 0 bridgehead atoms. The summed E-state index contributed by atoms with van der Waals surface area (Å²) in [5.41, 5.74) is -0.489. The standard InChI is InChI=1S/C10H15N3O2/c1-4-10(5-2,14-3)9-12-8(6-7-11)15-13-9/h4-6H2,1-3H3. The molecule has 0 aliphatic rings. The maximum absolute atomic E-state index is 8.49. The van der Waals surface area contributed by atoms with Gasteiger partial charge in [-0.25, -0.2) is 0 Å². The van der Waals surface area contributed by atoms with Crippen molar-refractivity contribution in [3.8, 4) is 6.07 Å². The highest BCUT2D eigenvalue weighted by Crippen LogP contribution is 2.29. The average Bonchev–Trinajstić information content (AvgIpc) is 2.71. The number of rotatable bonds is 5. The molecule has 0 amide bonds. The lowest BCUT2D eigenvalue weighted by Crippen LogP contribution is -2.28. The van der Waals surface area contributed by atoms with Crippen LogP contribution in [0, 0.1) is 11.3 Å². The summed E-state index contributed by atoms with van der Waals surface area (Å²) in [6.07, 6.45) is 1.68. The van der Waals surface area contributed by atoms with Crippen LogP contribution >= 0.6 is 0 Å². The Morgan fingerprint density at radius 3 is 2.60 bits per heavy atom. The molecule has 0 aliphatic heterocycles. The molecule has 0 fully saturated rings. The third kappa shape index (κ3) is 2.16. The van der Waals surface area contributed by atoms with Crippen molar-refractivity contribution in [3.63, 3.8) is 0 Å². The van der Waals surface area contributed by atoms with E-state index in [1.165, 1.54) is 0 Å². The van der Waals surface area contributed by atoms with Gasteiger partial charge in [-0.05, 0) is 12.8 Å². The molecule has 0 saturated carbocycles. The van der Waals surface area contributed by atoms with Crippen LogP contribution in [-0.2, 0) is 16.8 Å². The predicted octanol–water partition coefficient (Wildman–Crippen LogP) is 1.80. The first-order chi connectivity index (χ1) is 7.22. The molecule has 0 N–H and O–H groups in total. The number of ether oxygens (including phenoxy) is 1. The van der Waals surface area contributed by atoms with Gasteiger partial charge in [0.25, 0.3) is 0 Å². The van der Waals surface area contributed by atoms with E-state index < -0.39 is 5.60 Å². The van der Waals surface area contributed by atoms with Crippen LogP contribution in [0.5, 0.6) is 0 Å². The maximum atomic E-state index is 8.49. The fraction of sp³-hybridized carbons (Fsp3) is 0.700. The van der Waals surface area contributed by atoms with Crippen molar-refractivity contribution in [2.75, 3.05) is 7.11 Å². The van der Waals surface area contributed by atoms with Crippen molar-refractivity contribution in [3.05, 3.63) is 11.7 Å². The van der Waals surface area contributed by atoms with E-state index in [-0.39, 0.29) is 6.42 Å². The fourth-order valence-corrected chi connectivity index (χ4v) is 1.53. The van der Waals surface area contributed by atoms with Gasteiger partial charge in [0.1, 0.15) is 12.0 Å². The van der Waals surface area contributed by atoms with Crippen molar-refractivity contribution in [1.29, 1.82) is 5.26 Å². The van der Waals surface area contributed by atoms with Gasteiger partial charge in [-0.1, -0.05) is 19.0 Å². The Hall–Kier alpha value is -1.41. The molecule has 1 aromatic rings. The van der Waals surface area contributed by atoms with Crippen molar-refractivity contribution in [2.45, 2.75) is 38.7 Å². The quantitative estimate of drug-likeness (QED) is 0.739. The minimum atomic E-state index is -0.489. The second-order valence-corrected chi connectivity index (χ2v) is 3.25. The average molecular weight is 209 g/mol. The molecule has 0 aromatic carbocycles. The maximum Gasteiger partial charge on any atom is 0.240 e. The third-order valence-corrected chi connectivity index (χ3v) is 2.64. The Kier molecular flexibility index (Phi) is 3.81. The molecule has 0 spiro atoms. The zero-order valence-corrected chi connectivity index (χ0v) is 9.28. The first kappa shape index (κ1) is 11.7. The molecule has 0 saturated heterocycles. The molecule has 1 rings (SSSR count). The molecule has 5 heteroatoms. The summed E-state index contributed by atoms with van der Waals surface area (Å²) in [5, 5.41) is 12.4. The van der Waals surface area contributed by atoms with Gasteiger partial charge in [-0.2, -0.15) is 10.2 Å². The highest BCUT2D eigenvalue weighted by molar-refractivity contribution is 5.02. The summed E-state index contributed by atoms with van der Waals surface area (Å²) in [5.74, 6) is 0.871. The smallest absolute Gasteiger partial charge is 0.240 e. The van der Waals surface area contributed by atoms with Gasteiger partial charge < -0.3 is 9.26 Å². The number of nitriles is 1. The Morgan fingerprint density at radius 2 is 2.13 bits per heavy atom. The van der Waals surface area contributed by atoms with Gasteiger partial charge in [0.15, 0.2) is 0 Å². The molecule has 82 valence electrons. The first-order valence-corrected chi connectivity index (χ1v) is 4.97. The lowest BCUT2D eigenvalue weighted by atomic mass is 9.96. The summed E-state index contributed by atoms with van der Waals surface area (Å²) in [7, 11) is 1.63. The predicted molar refractivity (Wildman–Crippen MR) is 52.9 cm³/mol. The fourth-order valence-electron chi connectivity index (χ4n) is 1.53. The van der Waals surface area contributed by atoms with Crippen LogP contribution in [0.2, 0.25) is 0 Å². The van der Waals surface area contributed by atoms with Crippen LogP contribution in [0.3, 0.4) is 0 Å². The molecule has 5 nitrogen and oxygen atoms in total. The number of aromatic nitrogens is 2. The van der Waals surface area contributed by atoms with E-state index in [2.05, 4.69) is 10.1 Å². The highest BCUT2D eigenvalue weighted by Gasteiger charge is 2.33. The van der Waals surface area contributed by atoms with E-state index in [4.69, 9.17) is 14.5 Å². The van der Waals surface area contributed by atoms with Gasteiger partial charge in [-0.15, -0.1) is 0 Å². The zero-order valence-electron chi connectivity index (χ0n) is 9.28. The van der Waals surface area contributed by atoms with Crippen molar-refractivity contribution >= 4 is 0 Å². The summed E-state index contributed by atoms with van der Waals surface area (Å²) < 4.78 is 10.4. The summed E-state index contributed by atoms with van der Waals surface area (Å²) in [6, 6.07) is 1.97. The Bertz CT molecular complexity index is 342.